The lowest BCUT2D eigenvalue weighted by Crippen LogP contribution is -2.34. The lowest BCUT2D eigenvalue weighted by molar-refractivity contribution is -0.124. The maximum absolute atomic E-state index is 13.7. The minimum atomic E-state index is -1.02. The molecule has 0 saturated heterocycles. The Kier molecular flexibility index (Phi) is 7.58. The van der Waals surface area contributed by atoms with Gasteiger partial charge in [-0.05, 0) is 54.8 Å². The van der Waals surface area contributed by atoms with Gasteiger partial charge in [-0.1, -0.05) is 80.1 Å². The van der Waals surface area contributed by atoms with Gasteiger partial charge in [-0.2, -0.15) is 0 Å². The van der Waals surface area contributed by atoms with Gasteiger partial charge in [0.2, 0.25) is 0 Å². The largest absolute Gasteiger partial charge is 0.448 e. The van der Waals surface area contributed by atoms with Gasteiger partial charge >= 0.3 is 5.97 Å². The van der Waals surface area contributed by atoms with E-state index in [0.717, 1.165) is 34.4 Å². The SMILES string of the molecule is CCc1cccc(C)c1NC(=O)C(CC)OC(=O)c1c(-c2ccc(C)cc2)c2ccccc2c(=O)n1C. The van der Waals surface area contributed by atoms with E-state index in [4.69, 9.17) is 4.74 Å². The molecule has 190 valence electrons. The maximum Gasteiger partial charge on any atom is 0.356 e. The van der Waals surface area contributed by atoms with Crippen LogP contribution >= 0.6 is 0 Å². The van der Waals surface area contributed by atoms with Crippen molar-refractivity contribution in [1.29, 1.82) is 0 Å². The van der Waals surface area contributed by atoms with Crippen LogP contribution in [-0.2, 0) is 23.0 Å². The molecule has 1 heterocycles. The molecule has 3 aromatic carbocycles. The zero-order chi connectivity index (χ0) is 26.7. The molecule has 4 rings (SSSR count). The number of esters is 1. The van der Waals surface area contributed by atoms with Crippen LogP contribution in [0.4, 0.5) is 5.69 Å². The van der Waals surface area contributed by atoms with E-state index in [-0.39, 0.29) is 17.7 Å². The number of fused-ring (bicyclic) bond motifs is 1. The third-order valence-electron chi connectivity index (χ3n) is 6.74. The predicted molar refractivity (Wildman–Crippen MR) is 148 cm³/mol. The quantitative estimate of drug-likeness (QED) is 0.320. The van der Waals surface area contributed by atoms with Crippen molar-refractivity contribution in [2.24, 2.45) is 7.05 Å². The molecule has 1 N–H and O–H groups in total. The number of nitrogens with one attached hydrogen (secondary N) is 1. The number of hydrogen-bond acceptors (Lipinski definition) is 4. The summed E-state index contributed by atoms with van der Waals surface area (Å²) < 4.78 is 7.11. The Labute approximate surface area is 216 Å². The Balaban J connectivity index is 1.76. The second-order valence-corrected chi connectivity index (χ2v) is 9.25. The van der Waals surface area contributed by atoms with Crippen LogP contribution < -0.4 is 10.9 Å². The van der Waals surface area contributed by atoms with Gasteiger partial charge < -0.3 is 14.6 Å². The molecule has 1 unspecified atom stereocenters. The minimum absolute atomic E-state index is 0.115. The Morgan fingerprint density at radius 3 is 2.24 bits per heavy atom. The number of pyridine rings is 1. The van der Waals surface area contributed by atoms with E-state index in [1.807, 2.05) is 75.4 Å². The van der Waals surface area contributed by atoms with Crippen LogP contribution in [0, 0.1) is 13.8 Å². The molecule has 0 aliphatic heterocycles. The normalized spacial score (nSPS) is 11.8. The number of carbonyl (C=O) groups excluding carboxylic acids is 2. The fourth-order valence-corrected chi connectivity index (χ4v) is 4.63. The monoisotopic (exact) mass is 496 g/mol. The van der Waals surface area contributed by atoms with Crippen LogP contribution in [0.25, 0.3) is 21.9 Å². The fourth-order valence-electron chi connectivity index (χ4n) is 4.63. The van der Waals surface area contributed by atoms with E-state index < -0.39 is 18.0 Å². The topological polar surface area (TPSA) is 77.4 Å². The molecule has 4 aromatic rings. The summed E-state index contributed by atoms with van der Waals surface area (Å²) in [6, 6.07) is 20.8. The second kappa shape index (κ2) is 10.8. The van der Waals surface area contributed by atoms with Crippen LogP contribution in [0.2, 0.25) is 0 Å². The first-order chi connectivity index (χ1) is 17.8. The Morgan fingerprint density at radius 2 is 1.59 bits per heavy atom. The average Bonchev–Trinajstić information content (AvgIpc) is 2.90. The van der Waals surface area contributed by atoms with E-state index in [2.05, 4.69) is 5.32 Å². The number of rotatable bonds is 7. The first-order valence-corrected chi connectivity index (χ1v) is 12.6. The number of nitrogens with zero attached hydrogens (tertiary/aromatic N) is 1. The second-order valence-electron chi connectivity index (χ2n) is 9.25. The van der Waals surface area contributed by atoms with E-state index in [1.54, 1.807) is 26.1 Å². The molecule has 0 radical (unpaired) electrons. The molecule has 0 fully saturated rings. The zero-order valence-electron chi connectivity index (χ0n) is 21.9. The van der Waals surface area contributed by atoms with Crippen LogP contribution in [-0.4, -0.2) is 22.5 Å². The number of ether oxygens (including phenoxy) is 1. The summed E-state index contributed by atoms with van der Waals surface area (Å²) in [5.41, 5.74) is 4.96. The Hall–Kier alpha value is -4.19. The summed E-state index contributed by atoms with van der Waals surface area (Å²) in [5, 5.41) is 4.13. The number of benzene rings is 3. The van der Waals surface area contributed by atoms with Gasteiger partial charge in [-0.25, -0.2) is 4.79 Å². The van der Waals surface area contributed by atoms with Crippen molar-refractivity contribution in [1.82, 2.24) is 4.57 Å². The molecular weight excluding hydrogens is 464 g/mol. The van der Waals surface area contributed by atoms with E-state index in [0.29, 0.717) is 16.3 Å². The molecule has 1 atom stereocenters. The number of amides is 1. The highest BCUT2D eigenvalue weighted by atomic mass is 16.5. The molecule has 37 heavy (non-hydrogen) atoms. The maximum atomic E-state index is 13.7. The lowest BCUT2D eigenvalue weighted by atomic mass is 9.96. The summed E-state index contributed by atoms with van der Waals surface area (Å²) in [5.74, 6) is -1.12. The minimum Gasteiger partial charge on any atom is -0.448 e. The highest BCUT2D eigenvalue weighted by Crippen LogP contribution is 2.31. The van der Waals surface area contributed by atoms with Gasteiger partial charge in [0, 0.05) is 23.7 Å². The standard InChI is InChI=1S/C31H32N2O4/c1-6-21-12-10-11-20(4)27(21)32-29(34)25(7-2)37-31(36)28-26(22-17-15-19(3)16-18-22)23-13-8-9-14-24(23)30(35)33(28)5/h8-18,25H,6-7H2,1-5H3,(H,32,34). The van der Waals surface area contributed by atoms with E-state index >= 15 is 0 Å². The van der Waals surface area contributed by atoms with Crippen molar-refractivity contribution >= 4 is 28.3 Å². The zero-order valence-corrected chi connectivity index (χ0v) is 21.9. The first-order valence-electron chi connectivity index (χ1n) is 12.6. The average molecular weight is 497 g/mol. The smallest absolute Gasteiger partial charge is 0.356 e. The van der Waals surface area contributed by atoms with E-state index in [1.165, 1.54) is 4.57 Å². The highest BCUT2D eigenvalue weighted by Gasteiger charge is 2.28. The first kappa shape index (κ1) is 25.9. The van der Waals surface area contributed by atoms with Crippen molar-refractivity contribution < 1.29 is 14.3 Å². The molecule has 0 spiro atoms. The number of aromatic nitrogens is 1. The summed E-state index contributed by atoms with van der Waals surface area (Å²) in [6.45, 7) is 7.73. The molecule has 6 nitrogen and oxygen atoms in total. The molecule has 0 saturated carbocycles. The van der Waals surface area contributed by atoms with Crippen molar-refractivity contribution in [3.05, 3.63) is 99.5 Å². The number of carbonyl (C=O) groups is 2. The van der Waals surface area contributed by atoms with Gasteiger partial charge in [0.15, 0.2) is 6.10 Å². The van der Waals surface area contributed by atoms with Gasteiger partial charge in [-0.3, -0.25) is 9.59 Å². The van der Waals surface area contributed by atoms with Gasteiger partial charge in [0.25, 0.3) is 11.5 Å². The number of anilines is 1. The summed E-state index contributed by atoms with van der Waals surface area (Å²) in [6.07, 6.45) is 0.0171. The molecule has 6 heteroatoms. The van der Waals surface area contributed by atoms with Crippen molar-refractivity contribution in [2.75, 3.05) is 5.32 Å². The number of para-hydroxylation sites is 1. The van der Waals surface area contributed by atoms with Crippen LogP contribution in [0.1, 0.15) is 47.4 Å². The van der Waals surface area contributed by atoms with Crippen molar-refractivity contribution in [3.63, 3.8) is 0 Å². The Bertz CT molecular complexity index is 1530. The summed E-state index contributed by atoms with van der Waals surface area (Å²) in [7, 11) is 1.56. The van der Waals surface area contributed by atoms with Gasteiger partial charge in [0.05, 0.1) is 0 Å². The lowest BCUT2D eigenvalue weighted by Gasteiger charge is -2.21. The molecule has 1 amide bonds. The molecule has 0 bridgehead atoms. The Morgan fingerprint density at radius 1 is 0.919 bits per heavy atom. The highest BCUT2D eigenvalue weighted by molar-refractivity contribution is 6.07. The van der Waals surface area contributed by atoms with Gasteiger partial charge in [0.1, 0.15) is 5.69 Å². The molecule has 0 aliphatic rings. The van der Waals surface area contributed by atoms with Gasteiger partial charge in [-0.15, -0.1) is 0 Å². The summed E-state index contributed by atoms with van der Waals surface area (Å²) in [4.78, 5) is 40.1. The summed E-state index contributed by atoms with van der Waals surface area (Å²) >= 11 is 0. The molecule has 1 aromatic heterocycles. The third kappa shape index (κ3) is 5.05. The predicted octanol–water partition coefficient (Wildman–Crippen LogP) is 5.96. The van der Waals surface area contributed by atoms with Crippen LogP contribution in [0.3, 0.4) is 0 Å². The molecule has 0 aliphatic carbocycles. The van der Waals surface area contributed by atoms with Crippen LogP contribution in [0.5, 0.6) is 0 Å². The van der Waals surface area contributed by atoms with Crippen molar-refractivity contribution in [3.8, 4) is 11.1 Å². The van der Waals surface area contributed by atoms with Crippen LogP contribution in [0.15, 0.2) is 71.5 Å². The fraction of sp³-hybridized carbons (Fsp3) is 0.258. The number of hydrogen-bond donors (Lipinski definition) is 1. The van der Waals surface area contributed by atoms with E-state index in [9.17, 15) is 14.4 Å². The molecular formula is C31H32N2O4. The number of aryl methyl sites for hydroxylation is 3. The van der Waals surface area contributed by atoms with Crippen molar-refractivity contribution in [2.45, 2.75) is 46.6 Å². The third-order valence-corrected chi connectivity index (χ3v) is 6.74.